The fraction of sp³-hybridized carbons (Fsp3) is 1.00. The van der Waals surface area contributed by atoms with E-state index >= 15 is 0 Å². The van der Waals surface area contributed by atoms with E-state index in [-0.39, 0.29) is 0 Å². The van der Waals surface area contributed by atoms with E-state index in [2.05, 4.69) is 24.0 Å². The number of nitrogens with one attached hydrogen (secondary N) is 1. The van der Waals surface area contributed by atoms with Crippen molar-refractivity contribution in [3.05, 3.63) is 0 Å². The third kappa shape index (κ3) is 2.05. The Morgan fingerprint density at radius 3 is 3.38 bits per heavy atom. The van der Waals surface area contributed by atoms with Crippen LogP contribution >= 0.6 is 11.8 Å². The van der Waals surface area contributed by atoms with Gasteiger partial charge in [0.05, 0.1) is 0 Å². The van der Waals surface area contributed by atoms with Crippen molar-refractivity contribution in [2.24, 2.45) is 5.92 Å². The highest BCUT2D eigenvalue weighted by atomic mass is 32.2. The van der Waals surface area contributed by atoms with Crippen LogP contribution < -0.4 is 5.32 Å². The fourth-order valence-electron chi connectivity index (χ4n) is 0.836. The maximum atomic E-state index is 3.38. The first-order chi connectivity index (χ1) is 3.89. The van der Waals surface area contributed by atoms with E-state index in [1.807, 2.05) is 0 Å². The number of hydrogen-bond donors (Lipinski definition) is 1. The summed E-state index contributed by atoms with van der Waals surface area (Å²) in [6.45, 7) is 4.72. The van der Waals surface area contributed by atoms with Gasteiger partial charge in [0.1, 0.15) is 0 Å². The van der Waals surface area contributed by atoms with Gasteiger partial charge in [-0.25, -0.2) is 0 Å². The average molecular weight is 131 g/mol. The summed E-state index contributed by atoms with van der Waals surface area (Å²) in [4.78, 5) is 0. The fourth-order valence-corrected chi connectivity index (χ4v) is 1.81. The van der Waals surface area contributed by atoms with Gasteiger partial charge in [-0.05, 0) is 18.2 Å². The average Bonchev–Trinajstić information content (AvgIpc) is 1.94. The minimum Gasteiger partial charge on any atom is -0.316 e. The largest absolute Gasteiger partial charge is 0.316 e. The molecule has 1 saturated heterocycles. The molecule has 0 bridgehead atoms. The summed E-state index contributed by atoms with van der Waals surface area (Å²) in [6.07, 6.45) is 0. The Morgan fingerprint density at radius 1 is 1.62 bits per heavy atom. The molecule has 0 aromatic rings. The van der Waals surface area contributed by atoms with Gasteiger partial charge in [-0.15, -0.1) is 0 Å². The van der Waals surface area contributed by atoms with E-state index in [0.29, 0.717) is 0 Å². The van der Waals surface area contributed by atoms with Gasteiger partial charge >= 0.3 is 0 Å². The first-order valence-corrected chi connectivity index (χ1v) is 4.33. The summed E-state index contributed by atoms with van der Waals surface area (Å²) < 4.78 is 0. The smallest absolute Gasteiger partial charge is 0.00582 e. The van der Waals surface area contributed by atoms with Crippen LogP contribution in [-0.2, 0) is 0 Å². The van der Waals surface area contributed by atoms with Crippen molar-refractivity contribution in [2.45, 2.75) is 6.92 Å². The van der Waals surface area contributed by atoms with Crippen LogP contribution in [0.15, 0.2) is 0 Å². The molecule has 1 heterocycles. The zero-order valence-corrected chi connectivity index (χ0v) is 6.13. The van der Waals surface area contributed by atoms with Crippen LogP contribution in [0.25, 0.3) is 0 Å². The molecule has 0 aromatic carbocycles. The van der Waals surface area contributed by atoms with Crippen LogP contribution in [0, 0.1) is 5.92 Å². The second-order valence-corrected chi connectivity index (χ2v) is 3.53. The van der Waals surface area contributed by atoms with Crippen molar-refractivity contribution in [3.63, 3.8) is 0 Å². The van der Waals surface area contributed by atoms with Gasteiger partial charge < -0.3 is 5.32 Å². The van der Waals surface area contributed by atoms with Crippen molar-refractivity contribution in [2.75, 3.05) is 24.6 Å². The Balaban J connectivity index is 2.17. The molecule has 48 valence electrons. The molecule has 8 heavy (non-hydrogen) atoms. The van der Waals surface area contributed by atoms with Crippen LogP contribution in [-0.4, -0.2) is 24.6 Å². The van der Waals surface area contributed by atoms with Crippen molar-refractivity contribution in [3.8, 4) is 0 Å². The van der Waals surface area contributed by atoms with Gasteiger partial charge in [0.15, 0.2) is 0 Å². The number of rotatable bonds is 0. The topological polar surface area (TPSA) is 12.0 Å². The second kappa shape index (κ2) is 3.36. The monoisotopic (exact) mass is 131 g/mol. The Labute approximate surface area is 55.2 Å². The molecule has 0 spiro atoms. The summed E-state index contributed by atoms with van der Waals surface area (Å²) in [5, 5.41) is 3.38. The summed E-state index contributed by atoms with van der Waals surface area (Å²) in [7, 11) is 0. The molecule has 0 aliphatic carbocycles. The van der Waals surface area contributed by atoms with Crippen LogP contribution in [0.3, 0.4) is 0 Å². The molecule has 1 atom stereocenters. The van der Waals surface area contributed by atoms with Gasteiger partial charge in [0, 0.05) is 12.3 Å². The SMILES string of the molecule is C[C@H]1CNCCSC1. The molecule has 1 nitrogen and oxygen atoms in total. The molecule has 1 fully saturated rings. The molecule has 0 amide bonds. The van der Waals surface area contributed by atoms with Gasteiger partial charge in [0.2, 0.25) is 0 Å². The van der Waals surface area contributed by atoms with Crippen LogP contribution in [0.1, 0.15) is 6.92 Å². The highest BCUT2D eigenvalue weighted by Crippen LogP contribution is 2.08. The molecular formula is C6H13NS. The predicted octanol–water partition coefficient (Wildman–Crippen LogP) is 0.959. The number of hydrogen-bond acceptors (Lipinski definition) is 2. The van der Waals surface area contributed by atoms with Gasteiger partial charge in [-0.1, -0.05) is 6.92 Å². The van der Waals surface area contributed by atoms with Crippen molar-refractivity contribution in [1.29, 1.82) is 0 Å². The van der Waals surface area contributed by atoms with Gasteiger partial charge in [0.25, 0.3) is 0 Å². The summed E-state index contributed by atoms with van der Waals surface area (Å²) in [5.41, 5.74) is 0. The standard InChI is InChI=1S/C6H13NS/c1-6-4-7-2-3-8-5-6/h6-7H,2-5H2,1H3/t6-/m0/s1. The third-order valence-corrected chi connectivity index (χ3v) is 2.62. The molecule has 1 aliphatic rings. The Bertz CT molecular complexity index is 57.5. The molecular weight excluding hydrogens is 118 g/mol. The van der Waals surface area contributed by atoms with E-state index in [9.17, 15) is 0 Å². The lowest BCUT2D eigenvalue weighted by molar-refractivity contribution is 0.586. The van der Waals surface area contributed by atoms with Crippen molar-refractivity contribution in [1.82, 2.24) is 5.32 Å². The normalized spacial score (nSPS) is 31.9. The zero-order valence-electron chi connectivity index (χ0n) is 5.31. The van der Waals surface area contributed by atoms with Crippen molar-refractivity contribution >= 4 is 11.8 Å². The molecule has 0 aromatic heterocycles. The second-order valence-electron chi connectivity index (χ2n) is 2.38. The predicted molar refractivity (Wildman–Crippen MR) is 39.4 cm³/mol. The van der Waals surface area contributed by atoms with E-state index in [1.165, 1.54) is 24.6 Å². The first kappa shape index (κ1) is 6.43. The molecule has 0 unspecified atom stereocenters. The summed E-state index contributed by atoms with van der Waals surface area (Å²) in [5.74, 6) is 3.51. The lowest BCUT2D eigenvalue weighted by atomic mass is 10.2. The highest BCUT2D eigenvalue weighted by molar-refractivity contribution is 7.99. The van der Waals surface area contributed by atoms with Crippen LogP contribution in [0.5, 0.6) is 0 Å². The minimum atomic E-state index is 0.877. The lowest BCUT2D eigenvalue weighted by Gasteiger charge is -2.03. The maximum absolute atomic E-state index is 3.38. The molecule has 0 saturated carbocycles. The molecule has 0 radical (unpaired) electrons. The molecule has 2 heteroatoms. The van der Waals surface area contributed by atoms with E-state index < -0.39 is 0 Å². The zero-order chi connectivity index (χ0) is 5.82. The molecule has 1 aliphatic heterocycles. The third-order valence-electron chi connectivity index (χ3n) is 1.32. The Kier molecular flexibility index (Phi) is 2.70. The first-order valence-electron chi connectivity index (χ1n) is 3.18. The molecule has 1 rings (SSSR count). The van der Waals surface area contributed by atoms with Gasteiger partial charge in [-0.3, -0.25) is 0 Å². The minimum absolute atomic E-state index is 0.877. The van der Waals surface area contributed by atoms with E-state index in [1.54, 1.807) is 0 Å². The van der Waals surface area contributed by atoms with Gasteiger partial charge in [-0.2, -0.15) is 11.8 Å². The Morgan fingerprint density at radius 2 is 2.50 bits per heavy atom. The summed E-state index contributed by atoms with van der Waals surface area (Å²) in [6, 6.07) is 0. The van der Waals surface area contributed by atoms with E-state index in [4.69, 9.17) is 0 Å². The molecule has 1 N–H and O–H groups in total. The van der Waals surface area contributed by atoms with Crippen LogP contribution in [0.4, 0.5) is 0 Å². The van der Waals surface area contributed by atoms with E-state index in [0.717, 1.165) is 5.92 Å². The quantitative estimate of drug-likeness (QED) is 0.525. The van der Waals surface area contributed by atoms with Crippen molar-refractivity contribution < 1.29 is 0 Å². The summed E-state index contributed by atoms with van der Waals surface area (Å²) >= 11 is 2.06. The van der Waals surface area contributed by atoms with Crippen LogP contribution in [0.2, 0.25) is 0 Å². The number of thioether (sulfide) groups is 1. The highest BCUT2D eigenvalue weighted by Gasteiger charge is 2.04. The maximum Gasteiger partial charge on any atom is 0.00582 e. The lowest BCUT2D eigenvalue weighted by Crippen LogP contribution is -2.20. The Hall–Kier alpha value is 0.310.